The number of carbonyl (C=O) groups is 3. The van der Waals surface area contributed by atoms with Gasteiger partial charge in [-0.15, -0.1) is 0 Å². The van der Waals surface area contributed by atoms with Crippen LogP contribution in [0.5, 0.6) is 0 Å². The SMILES string of the molecule is Cc1cc(NC(=O)NC(=O)c2ccc3nccnc3c2)cc(C(=O)O)c1Cl. The molecule has 9 heteroatoms. The van der Waals surface area contributed by atoms with E-state index in [4.69, 9.17) is 16.7 Å². The van der Waals surface area contributed by atoms with Gasteiger partial charge in [-0.2, -0.15) is 0 Å². The Morgan fingerprint density at radius 3 is 2.44 bits per heavy atom. The van der Waals surface area contributed by atoms with Gasteiger partial charge in [-0.1, -0.05) is 11.6 Å². The smallest absolute Gasteiger partial charge is 0.337 e. The first-order chi connectivity index (χ1) is 12.8. The number of aromatic carboxylic acids is 1. The van der Waals surface area contributed by atoms with Crippen molar-refractivity contribution in [1.29, 1.82) is 0 Å². The third-order valence-electron chi connectivity index (χ3n) is 3.70. The van der Waals surface area contributed by atoms with E-state index in [0.717, 1.165) is 0 Å². The van der Waals surface area contributed by atoms with Gasteiger partial charge in [0.05, 0.1) is 21.6 Å². The number of halogens is 1. The second-order valence-electron chi connectivity index (χ2n) is 5.63. The molecule has 0 saturated heterocycles. The molecule has 0 aliphatic carbocycles. The lowest BCUT2D eigenvalue weighted by Gasteiger charge is -2.10. The van der Waals surface area contributed by atoms with E-state index in [2.05, 4.69) is 20.6 Å². The van der Waals surface area contributed by atoms with Gasteiger partial charge in [0.15, 0.2) is 0 Å². The van der Waals surface area contributed by atoms with E-state index < -0.39 is 17.9 Å². The topological polar surface area (TPSA) is 121 Å². The van der Waals surface area contributed by atoms with E-state index in [1.54, 1.807) is 13.0 Å². The van der Waals surface area contributed by atoms with Crippen molar-refractivity contribution in [2.75, 3.05) is 5.32 Å². The van der Waals surface area contributed by atoms with Crippen LogP contribution >= 0.6 is 11.6 Å². The van der Waals surface area contributed by atoms with Crippen molar-refractivity contribution >= 4 is 46.2 Å². The second kappa shape index (κ2) is 7.38. The molecule has 136 valence electrons. The van der Waals surface area contributed by atoms with Gasteiger partial charge in [0.2, 0.25) is 0 Å². The molecule has 0 bridgehead atoms. The number of aryl methyl sites for hydroxylation is 1. The number of carboxylic acids is 1. The van der Waals surface area contributed by atoms with Crippen LogP contribution in [0.15, 0.2) is 42.7 Å². The number of amides is 3. The fraction of sp³-hybridized carbons (Fsp3) is 0.0556. The van der Waals surface area contributed by atoms with E-state index in [9.17, 15) is 14.4 Å². The van der Waals surface area contributed by atoms with E-state index in [1.807, 2.05) is 0 Å². The molecule has 1 aromatic heterocycles. The Morgan fingerprint density at radius 1 is 1.04 bits per heavy atom. The molecule has 0 fully saturated rings. The summed E-state index contributed by atoms with van der Waals surface area (Å²) in [6.07, 6.45) is 3.04. The molecule has 0 spiro atoms. The number of imide groups is 1. The lowest BCUT2D eigenvalue weighted by Crippen LogP contribution is -2.34. The molecule has 0 atom stereocenters. The molecule has 0 aliphatic heterocycles. The molecule has 3 amide bonds. The quantitative estimate of drug-likeness (QED) is 0.637. The summed E-state index contributed by atoms with van der Waals surface area (Å²) in [4.78, 5) is 43.7. The van der Waals surface area contributed by atoms with Crippen LogP contribution in [0.4, 0.5) is 10.5 Å². The van der Waals surface area contributed by atoms with Crippen molar-refractivity contribution in [3.63, 3.8) is 0 Å². The molecule has 27 heavy (non-hydrogen) atoms. The maximum Gasteiger partial charge on any atom is 0.337 e. The Bertz CT molecular complexity index is 1080. The van der Waals surface area contributed by atoms with Crippen molar-refractivity contribution in [1.82, 2.24) is 15.3 Å². The number of fused-ring (bicyclic) bond motifs is 1. The molecule has 8 nitrogen and oxygen atoms in total. The summed E-state index contributed by atoms with van der Waals surface area (Å²) in [5.41, 5.74) is 1.90. The van der Waals surface area contributed by atoms with Crippen molar-refractivity contribution in [2.45, 2.75) is 6.92 Å². The maximum atomic E-state index is 12.2. The molecule has 0 aliphatic rings. The van der Waals surface area contributed by atoms with Gasteiger partial charge in [-0.3, -0.25) is 20.1 Å². The Balaban J connectivity index is 1.75. The minimum absolute atomic E-state index is 0.0850. The first kappa shape index (κ1) is 18.3. The van der Waals surface area contributed by atoms with Crippen LogP contribution in [0.2, 0.25) is 5.02 Å². The van der Waals surface area contributed by atoms with Crippen molar-refractivity contribution < 1.29 is 19.5 Å². The average Bonchev–Trinajstić information content (AvgIpc) is 2.63. The third kappa shape index (κ3) is 4.01. The highest BCUT2D eigenvalue weighted by Crippen LogP contribution is 2.25. The van der Waals surface area contributed by atoms with Gasteiger partial charge in [-0.25, -0.2) is 9.59 Å². The number of hydrogen-bond acceptors (Lipinski definition) is 5. The number of anilines is 1. The number of carbonyl (C=O) groups excluding carboxylic acids is 2. The zero-order chi connectivity index (χ0) is 19.6. The number of urea groups is 1. The van der Waals surface area contributed by atoms with Crippen LogP contribution in [0.25, 0.3) is 11.0 Å². The summed E-state index contributed by atoms with van der Waals surface area (Å²) >= 11 is 5.93. The van der Waals surface area contributed by atoms with E-state index in [-0.39, 0.29) is 21.8 Å². The lowest BCUT2D eigenvalue weighted by atomic mass is 10.1. The number of rotatable bonds is 3. The monoisotopic (exact) mass is 384 g/mol. The zero-order valence-corrected chi connectivity index (χ0v) is 14.7. The second-order valence-corrected chi connectivity index (χ2v) is 6.01. The number of benzene rings is 2. The van der Waals surface area contributed by atoms with Gasteiger partial charge in [0.25, 0.3) is 5.91 Å². The standard InChI is InChI=1S/C18H13ClN4O4/c1-9-6-11(8-12(15(9)19)17(25)26)22-18(27)23-16(24)10-2-3-13-14(7-10)21-5-4-20-13/h2-8H,1H3,(H,25,26)(H2,22,23,24,27). The van der Waals surface area contributed by atoms with Gasteiger partial charge in [0, 0.05) is 23.6 Å². The van der Waals surface area contributed by atoms with Crippen LogP contribution in [0.1, 0.15) is 26.3 Å². The van der Waals surface area contributed by atoms with Gasteiger partial charge >= 0.3 is 12.0 Å². The average molecular weight is 385 g/mol. The third-order valence-corrected chi connectivity index (χ3v) is 4.20. The highest BCUT2D eigenvalue weighted by Gasteiger charge is 2.15. The molecule has 2 aromatic carbocycles. The molecular weight excluding hydrogens is 372 g/mol. The van der Waals surface area contributed by atoms with Crippen LogP contribution in [-0.4, -0.2) is 33.0 Å². The molecule has 3 N–H and O–H groups in total. The van der Waals surface area contributed by atoms with Gasteiger partial charge in [0.1, 0.15) is 0 Å². The van der Waals surface area contributed by atoms with Crippen molar-refractivity contribution in [2.24, 2.45) is 0 Å². The van der Waals surface area contributed by atoms with Crippen LogP contribution in [0.3, 0.4) is 0 Å². The summed E-state index contributed by atoms with van der Waals surface area (Å²) < 4.78 is 0. The van der Waals surface area contributed by atoms with Gasteiger partial charge in [-0.05, 0) is 42.8 Å². The van der Waals surface area contributed by atoms with E-state index in [0.29, 0.717) is 16.6 Å². The largest absolute Gasteiger partial charge is 0.478 e. The van der Waals surface area contributed by atoms with Crippen LogP contribution in [-0.2, 0) is 0 Å². The Labute approximate surface area is 158 Å². The summed E-state index contributed by atoms with van der Waals surface area (Å²) in [7, 11) is 0. The summed E-state index contributed by atoms with van der Waals surface area (Å²) in [6.45, 7) is 1.61. The highest BCUT2D eigenvalue weighted by molar-refractivity contribution is 6.34. The first-order valence-electron chi connectivity index (χ1n) is 7.71. The Hall–Kier alpha value is -3.52. The fourth-order valence-electron chi connectivity index (χ4n) is 2.44. The molecular formula is C18H13ClN4O4. The predicted molar refractivity (Wildman–Crippen MR) is 99.2 cm³/mol. The summed E-state index contributed by atoms with van der Waals surface area (Å²) in [5, 5.41) is 13.8. The molecule has 0 unspecified atom stereocenters. The minimum Gasteiger partial charge on any atom is -0.478 e. The predicted octanol–water partition coefficient (Wildman–Crippen LogP) is 3.25. The van der Waals surface area contributed by atoms with Crippen molar-refractivity contribution in [3.8, 4) is 0 Å². The lowest BCUT2D eigenvalue weighted by molar-refractivity contribution is 0.0696. The number of aromatic nitrogens is 2. The zero-order valence-electron chi connectivity index (χ0n) is 14.0. The summed E-state index contributed by atoms with van der Waals surface area (Å²) in [6, 6.07) is 6.57. The Kier molecular flexibility index (Phi) is 5.00. The maximum absolute atomic E-state index is 12.2. The summed E-state index contributed by atoms with van der Waals surface area (Å²) in [5.74, 6) is -1.86. The Morgan fingerprint density at radius 2 is 1.74 bits per heavy atom. The van der Waals surface area contributed by atoms with Crippen molar-refractivity contribution in [3.05, 3.63) is 64.4 Å². The van der Waals surface area contributed by atoms with E-state index >= 15 is 0 Å². The minimum atomic E-state index is -1.22. The number of nitrogens with zero attached hydrogens (tertiary/aromatic N) is 2. The van der Waals surface area contributed by atoms with E-state index in [1.165, 1.54) is 36.7 Å². The van der Waals surface area contributed by atoms with Crippen LogP contribution < -0.4 is 10.6 Å². The number of nitrogens with one attached hydrogen (secondary N) is 2. The molecule has 0 radical (unpaired) electrons. The molecule has 3 rings (SSSR count). The number of hydrogen-bond donors (Lipinski definition) is 3. The molecule has 3 aromatic rings. The first-order valence-corrected chi connectivity index (χ1v) is 8.09. The molecule has 1 heterocycles. The normalized spacial score (nSPS) is 10.4. The van der Waals surface area contributed by atoms with Gasteiger partial charge < -0.3 is 10.4 Å². The highest BCUT2D eigenvalue weighted by atomic mass is 35.5. The molecule has 0 saturated carbocycles. The number of carboxylic acid groups (broad SMARTS) is 1. The van der Waals surface area contributed by atoms with Crippen LogP contribution in [0, 0.1) is 6.92 Å². The fourth-order valence-corrected chi connectivity index (χ4v) is 2.63.